The molecule has 0 fully saturated rings. The normalized spacial score (nSPS) is 11.2. The first-order valence-electron chi connectivity index (χ1n) is 8.67. The summed E-state index contributed by atoms with van der Waals surface area (Å²) in [4.78, 5) is 12.5. The molecule has 0 atom stereocenters. The largest absolute Gasteiger partial charge is 0.321 e. The van der Waals surface area contributed by atoms with Crippen molar-refractivity contribution in [3.8, 4) is 11.1 Å². The van der Waals surface area contributed by atoms with Crippen LogP contribution in [0.3, 0.4) is 0 Å². The highest BCUT2D eigenvalue weighted by molar-refractivity contribution is 7.89. The van der Waals surface area contributed by atoms with Crippen LogP contribution in [0.4, 0.5) is 10.1 Å². The average Bonchev–Trinajstić information content (AvgIpc) is 2.69. The summed E-state index contributed by atoms with van der Waals surface area (Å²) in [5, 5.41) is 2.68. The maximum atomic E-state index is 14.2. The van der Waals surface area contributed by atoms with Gasteiger partial charge < -0.3 is 5.32 Å². The summed E-state index contributed by atoms with van der Waals surface area (Å²) in [5.74, 6) is -1.53. The lowest BCUT2D eigenvalue weighted by Crippen LogP contribution is -2.24. The molecule has 0 spiro atoms. The van der Waals surface area contributed by atoms with Crippen molar-refractivity contribution in [2.45, 2.75) is 11.8 Å². The van der Waals surface area contributed by atoms with Crippen LogP contribution >= 0.6 is 0 Å². The van der Waals surface area contributed by atoms with E-state index in [1.54, 1.807) is 19.1 Å². The quantitative estimate of drug-likeness (QED) is 0.658. The number of hydrogen-bond donors (Lipinski definition) is 2. The molecule has 7 heteroatoms. The van der Waals surface area contributed by atoms with Crippen LogP contribution in [0.2, 0.25) is 0 Å². The Morgan fingerprint density at radius 2 is 1.64 bits per heavy atom. The molecule has 0 aliphatic heterocycles. The number of amides is 1. The van der Waals surface area contributed by atoms with Crippen molar-refractivity contribution in [1.29, 1.82) is 0 Å². The van der Waals surface area contributed by atoms with Gasteiger partial charge in [-0.15, -0.1) is 0 Å². The summed E-state index contributed by atoms with van der Waals surface area (Å²) in [6.07, 6.45) is 0. The lowest BCUT2D eigenvalue weighted by Gasteiger charge is -2.12. The Kier molecular flexibility index (Phi) is 5.87. The first kappa shape index (κ1) is 19.7. The second-order valence-corrected chi connectivity index (χ2v) is 7.78. The fourth-order valence-electron chi connectivity index (χ4n) is 2.77. The Morgan fingerprint density at radius 3 is 2.36 bits per heavy atom. The van der Waals surface area contributed by atoms with Gasteiger partial charge in [-0.1, -0.05) is 55.5 Å². The van der Waals surface area contributed by atoms with Crippen molar-refractivity contribution in [3.63, 3.8) is 0 Å². The van der Waals surface area contributed by atoms with Gasteiger partial charge in [0, 0.05) is 17.8 Å². The molecule has 0 saturated heterocycles. The number of anilines is 1. The van der Waals surface area contributed by atoms with E-state index < -0.39 is 21.7 Å². The third-order valence-corrected chi connectivity index (χ3v) is 5.63. The van der Waals surface area contributed by atoms with Crippen molar-refractivity contribution in [2.24, 2.45) is 0 Å². The minimum absolute atomic E-state index is 0.169. The van der Waals surface area contributed by atoms with Crippen molar-refractivity contribution in [2.75, 3.05) is 11.9 Å². The molecule has 0 unspecified atom stereocenters. The molecule has 0 aromatic heterocycles. The van der Waals surface area contributed by atoms with Gasteiger partial charge in [0.05, 0.1) is 10.5 Å². The molecule has 2 N–H and O–H groups in total. The van der Waals surface area contributed by atoms with Crippen LogP contribution in [0.25, 0.3) is 11.1 Å². The lowest BCUT2D eigenvalue weighted by atomic mass is 10.0. The van der Waals surface area contributed by atoms with E-state index in [2.05, 4.69) is 10.0 Å². The van der Waals surface area contributed by atoms with Crippen LogP contribution in [0.15, 0.2) is 77.7 Å². The highest BCUT2D eigenvalue weighted by Gasteiger charge is 2.19. The van der Waals surface area contributed by atoms with E-state index in [9.17, 15) is 17.6 Å². The second kappa shape index (κ2) is 8.33. The molecule has 3 aromatic carbocycles. The molecule has 0 aliphatic rings. The molecule has 0 heterocycles. The zero-order valence-electron chi connectivity index (χ0n) is 15.1. The molecule has 28 heavy (non-hydrogen) atoms. The molecule has 3 rings (SSSR count). The van der Waals surface area contributed by atoms with Gasteiger partial charge in [0.15, 0.2) is 0 Å². The van der Waals surface area contributed by atoms with Crippen LogP contribution in [-0.2, 0) is 10.0 Å². The predicted octanol–water partition coefficient (Wildman–Crippen LogP) is 4.04. The van der Waals surface area contributed by atoms with E-state index in [1.807, 2.05) is 42.5 Å². The standard InChI is InChI=1S/C21H19FN2O3S/c1-2-23-28(26,27)16-12-13-19(22)18(14-16)21(25)24-20-11-7-6-10-17(20)15-8-4-3-5-9-15/h3-14,23H,2H2,1H3,(H,24,25). The Hall–Kier alpha value is -3.03. The van der Waals surface area contributed by atoms with Gasteiger partial charge in [-0.05, 0) is 29.8 Å². The smallest absolute Gasteiger partial charge is 0.258 e. The SMILES string of the molecule is CCNS(=O)(=O)c1ccc(F)c(C(=O)Nc2ccccc2-c2ccccc2)c1. The topological polar surface area (TPSA) is 75.3 Å². The number of carbonyl (C=O) groups excluding carboxylic acids is 1. The number of benzene rings is 3. The molecule has 0 radical (unpaired) electrons. The first-order valence-corrected chi connectivity index (χ1v) is 10.2. The molecular formula is C21H19FN2O3S. The minimum Gasteiger partial charge on any atom is -0.321 e. The Labute approximate surface area is 163 Å². The van der Waals surface area contributed by atoms with Gasteiger partial charge in [0.1, 0.15) is 5.82 Å². The second-order valence-electron chi connectivity index (χ2n) is 6.01. The maximum Gasteiger partial charge on any atom is 0.258 e. The summed E-state index contributed by atoms with van der Waals surface area (Å²) >= 11 is 0. The summed E-state index contributed by atoms with van der Waals surface area (Å²) in [6.45, 7) is 1.82. The highest BCUT2D eigenvalue weighted by Crippen LogP contribution is 2.28. The molecule has 0 aliphatic carbocycles. The van der Waals surface area contributed by atoms with Crippen LogP contribution in [0.5, 0.6) is 0 Å². The maximum absolute atomic E-state index is 14.2. The van der Waals surface area contributed by atoms with Crippen LogP contribution in [0, 0.1) is 5.82 Å². The number of sulfonamides is 1. The van der Waals surface area contributed by atoms with Gasteiger partial charge in [0.2, 0.25) is 10.0 Å². The van der Waals surface area contributed by atoms with E-state index in [-0.39, 0.29) is 17.0 Å². The molecule has 3 aromatic rings. The van der Waals surface area contributed by atoms with Crippen molar-refractivity contribution in [3.05, 3.63) is 84.2 Å². The van der Waals surface area contributed by atoms with Gasteiger partial charge in [-0.25, -0.2) is 17.5 Å². The number of rotatable bonds is 6. The number of carbonyl (C=O) groups is 1. The van der Waals surface area contributed by atoms with E-state index in [4.69, 9.17) is 0 Å². The Bertz CT molecular complexity index is 1100. The van der Waals surface area contributed by atoms with E-state index in [0.29, 0.717) is 5.69 Å². The first-order chi connectivity index (χ1) is 13.4. The highest BCUT2D eigenvalue weighted by atomic mass is 32.2. The molecular weight excluding hydrogens is 379 g/mol. The van der Waals surface area contributed by atoms with Gasteiger partial charge in [-0.3, -0.25) is 4.79 Å². The van der Waals surface area contributed by atoms with E-state index in [0.717, 1.165) is 29.3 Å². The van der Waals surface area contributed by atoms with Gasteiger partial charge in [-0.2, -0.15) is 0 Å². The zero-order chi connectivity index (χ0) is 20.1. The molecule has 5 nitrogen and oxygen atoms in total. The van der Waals surface area contributed by atoms with Gasteiger partial charge >= 0.3 is 0 Å². The van der Waals surface area contributed by atoms with Crippen LogP contribution in [-0.4, -0.2) is 20.9 Å². The number of halogens is 1. The molecule has 1 amide bonds. The lowest BCUT2D eigenvalue weighted by molar-refractivity contribution is 0.102. The van der Waals surface area contributed by atoms with Crippen molar-refractivity contribution < 1.29 is 17.6 Å². The number of para-hydroxylation sites is 1. The molecule has 0 saturated carbocycles. The monoisotopic (exact) mass is 398 g/mol. The zero-order valence-corrected chi connectivity index (χ0v) is 16.0. The van der Waals surface area contributed by atoms with Crippen molar-refractivity contribution in [1.82, 2.24) is 4.72 Å². The predicted molar refractivity (Wildman–Crippen MR) is 107 cm³/mol. The van der Waals surface area contributed by atoms with E-state index >= 15 is 0 Å². The average molecular weight is 398 g/mol. The van der Waals surface area contributed by atoms with Crippen molar-refractivity contribution >= 4 is 21.6 Å². The van der Waals surface area contributed by atoms with Crippen LogP contribution in [0.1, 0.15) is 17.3 Å². The Morgan fingerprint density at radius 1 is 0.964 bits per heavy atom. The van der Waals surface area contributed by atoms with Gasteiger partial charge in [0.25, 0.3) is 5.91 Å². The summed E-state index contributed by atoms with van der Waals surface area (Å²) in [6, 6.07) is 19.7. The summed E-state index contributed by atoms with van der Waals surface area (Å²) in [5.41, 5.74) is 1.82. The summed E-state index contributed by atoms with van der Waals surface area (Å²) in [7, 11) is -3.80. The Balaban J connectivity index is 1.95. The summed E-state index contributed by atoms with van der Waals surface area (Å²) < 4.78 is 40.9. The van der Waals surface area contributed by atoms with E-state index in [1.165, 1.54) is 0 Å². The fourth-order valence-corrected chi connectivity index (χ4v) is 3.84. The third kappa shape index (κ3) is 4.27. The fraction of sp³-hybridized carbons (Fsp3) is 0.0952. The molecule has 144 valence electrons. The number of nitrogens with one attached hydrogen (secondary N) is 2. The molecule has 0 bridgehead atoms. The minimum atomic E-state index is -3.80. The third-order valence-electron chi connectivity index (χ3n) is 4.09. The van der Waals surface area contributed by atoms with Crippen LogP contribution < -0.4 is 10.0 Å². The number of hydrogen-bond acceptors (Lipinski definition) is 3.